The van der Waals surface area contributed by atoms with Gasteiger partial charge in [0.25, 0.3) is 0 Å². The van der Waals surface area contributed by atoms with Crippen molar-refractivity contribution < 1.29 is 17.9 Å². The lowest BCUT2D eigenvalue weighted by Crippen LogP contribution is -2.45. The maximum absolute atomic E-state index is 12.9. The monoisotopic (exact) mass is 436 g/mol. The average molecular weight is 437 g/mol. The van der Waals surface area contributed by atoms with Crippen LogP contribution in [-0.4, -0.2) is 37.3 Å². The Balaban J connectivity index is 1.64. The minimum absolute atomic E-state index is 0.0940. The summed E-state index contributed by atoms with van der Waals surface area (Å²) in [6, 6.07) is 12.8. The number of amides is 1. The summed E-state index contributed by atoms with van der Waals surface area (Å²) in [4.78, 5) is 12.9. The number of rotatable bonds is 7. The van der Waals surface area contributed by atoms with Gasteiger partial charge in [0.2, 0.25) is 15.9 Å². The molecule has 8 heteroatoms. The summed E-state index contributed by atoms with van der Waals surface area (Å²) < 4.78 is 32.8. The Morgan fingerprint density at radius 1 is 1.17 bits per heavy atom. The molecule has 1 amide bonds. The predicted molar refractivity (Wildman–Crippen MR) is 112 cm³/mol. The van der Waals surface area contributed by atoms with Crippen molar-refractivity contribution in [1.29, 1.82) is 0 Å². The topological polar surface area (TPSA) is 75.7 Å². The zero-order chi connectivity index (χ0) is 21.0. The van der Waals surface area contributed by atoms with Gasteiger partial charge in [-0.15, -0.1) is 0 Å². The van der Waals surface area contributed by atoms with E-state index in [2.05, 4.69) is 5.32 Å². The number of hydrogen-bond acceptors (Lipinski definition) is 4. The number of carbonyl (C=O) groups is 1. The molecular formula is C21H25ClN2O4S. The van der Waals surface area contributed by atoms with E-state index >= 15 is 0 Å². The van der Waals surface area contributed by atoms with Crippen LogP contribution in [0.1, 0.15) is 32.3 Å². The van der Waals surface area contributed by atoms with E-state index in [1.165, 1.54) is 28.6 Å². The van der Waals surface area contributed by atoms with E-state index in [0.29, 0.717) is 31.0 Å². The molecule has 6 nitrogen and oxygen atoms in total. The van der Waals surface area contributed by atoms with Gasteiger partial charge in [0.05, 0.1) is 11.0 Å². The number of carbonyl (C=O) groups excluding carboxylic acids is 1. The molecule has 0 radical (unpaired) electrons. The van der Waals surface area contributed by atoms with Crippen molar-refractivity contribution in [3.63, 3.8) is 0 Å². The lowest BCUT2D eigenvalue weighted by atomic mass is 10.2. The van der Waals surface area contributed by atoms with Crippen LogP contribution < -0.4 is 10.1 Å². The normalized spacial score (nSPS) is 17.4. The Bertz CT molecular complexity index is 944. The summed E-state index contributed by atoms with van der Waals surface area (Å²) in [7, 11) is -3.75. The van der Waals surface area contributed by atoms with Crippen LogP contribution >= 0.6 is 11.6 Å². The Morgan fingerprint density at radius 3 is 2.45 bits per heavy atom. The molecule has 1 fully saturated rings. The molecule has 29 heavy (non-hydrogen) atoms. The van der Waals surface area contributed by atoms with Crippen LogP contribution in [0.3, 0.4) is 0 Å². The predicted octanol–water partition coefficient (Wildman–Crippen LogP) is 3.60. The highest BCUT2D eigenvalue weighted by Gasteiger charge is 2.39. The molecule has 1 atom stereocenters. The second kappa shape index (κ2) is 9.15. The summed E-state index contributed by atoms with van der Waals surface area (Å²) in [6.45, 7) is 4.57. The second-order valence-corrected chi connectivity index (χ2v) is 9.58. The Kier molecular flexibility index (Phi) is 6.82. The van der Waals surface area contributed by atoms with Crippen LogP contribution in [0.5, 0.6) is 5.75 Å². The van der Waals surface area contributed by atoms with Crippen molar-refractivity contribution in [3.05, 3.63) is 59.1 Å². The third-order valence-corrected chi connectivity index (χ3v) is 6.86. The summed E-state index contributed by atoms with van der Waals surface area (Å²) in [5, 5.41) is 3.32. The molecule has 1 N–H and O–H groups in total. The van der Waals surface area contributed by atoms with E-state index < -0.39 is 16.1 Å². The van der Waals surface area contributed by atoms with Crippen LogP contribution in [0.4, 0.5) is 0 Å². The SMILES string of the molecule is CC(C)Oc1ccc(CNC(=O)C2CCCN2S(=O)(=O)c2ccc(Cl)cc2)cc1. The van der Waals surface area contributed by atoms with Crippen LogP contribution in [0.2, 0.25) is 5.02 Å². The van der Waals surface area contributed by atoms with Gasteiger partial charge in [-0.2, -0.15) is 4.31 Å². The van der Waals surface area contributed by atoms with Gasteiger partial charge >= 0.3 is 0 Å². The van der Waals surface area contributed by atoms with Crippen molar-refractivity contribution in [2.75, 3.05) is 6.54 Å². The first-order valence-electron chi connectivity index (χ1n) is 9.58. The molecule has 1 aliphatic heterocycles. The van der Waals surface area contributed by atoms with Crippen molar-refractivity contribution in [3.8, 4) is 5.75 Å². The van der Waals surface area contributed by atoms with E-state index in [1.54, 1.807) is 0 Å². The Hall–Kier alpha value is -2.09. The Morgan fingerprint density at radius 2 is 1.83 bits per heavy atom. The number of nitrogens with one attached hydrogen (secondary N) is 1. The fraction of sp³-hybridized carbons (Fsp3) is 0.381. The van der Waals surface area contributed by atoms with E-state index in [0.717, 1.165) is 11.3 Å². The maximum atomic E-state index is 12.9. The van der Waals surface area contributed by atoms with Gasteiger partial charge in [0.15, 0.2) is 0 Å². The first-order valence-corrected chi connectivity index (χ1v) is 11.4. The summed E-state index contributed by atoms with van der Waals surface area (Å²) >= 11 is 5.85. The van der Waals surface area contributed by atoms with Gasteiger partial charge in [0.1, 0.15) is 11.8 Å². The van der Waals surface area contributed by atoms with Gasteiger partial charge in [-0.25, -0.2) is 8.42 Å². The third-order valence-electron chi connectivity index (χ3n) is 4.69. The molecule has 1 aliphatic rings. The van der Waals surface area contributed by atoms with Crippen LogP contribution in [-0.2, 0) is 21.4 Å². The largest absolute Gasteiger partial charge is 0.491 e. The van der Waals surface area contributed by atoms with Crippen molar-refractivity contribution >= 4 is 27.5 Å². The smallest absolute Gasteiger partial charge is 0.243 e. The molecule has 0 saturated carbocycles. The number of benzene rings is 2. The lowest BCUT2D eigenvalue weighted by molar-refractivity contribution is -0.124. The number of halogens is 1. The molecule has 156 valence electrons. The summed E-state index contributed by atoms with van der Waals surface area (Å²) in [5.74, 6) is 0.480. The molecule has 2 aromatic carbocycles. The minimum atomic E-state index is -3.75. The minimum Gasteiger partial charge on any atom is -0.491 e. The molecule has 3 rings (SSSR count). The number of ether oxygens (including phenoxy) is 1. The quantitative estimate of drug-likeness (QED) is 0.719. The van der Waals surface area contributed by atoms with E-state index in [4.69, 9.17) is 16.3 Å². The number of hydrogen-bond donors (Lipinski definition) is 1. The van der Waals surface area contributed by atoms with Crippen molar-refractivity contribution in [2.45, 2.75) is 50.3 Å². The second-order valence-electron chi connectivity index (χ2n) is 7.26. The lowest BCUT2D eigenvalue weighted by Gasteiger charge is -2.23. The van der Waals surface area contributed by atoms with E-state index in [1.807, 2.05) is 38.1 Å². The average Bonchev–Trinajstić information content (AvgIpc) is 3.18. The first-order chi connectivity index (χ1) is 13.8. The number of sulfonamides is 1. The maximum Gasteiger partial charge on any atom is 0.243 e. The van der Waals surface area contributed by atoms with Crippen LogP contribution in [0.25, 0.3) is 0 Å². The molecular weight excluding hydrogens is 412 g/mol. The van der Waals surface area contributed by atoms with Crippen LogP contribution in [0.15, 0.2) is 53.4 Å². The molecule has 0 bridgehead atoms. The molecule has 1 heterocycles. The van der Waals surface area contributed by atoms with Gasteiger partial charge in [0, 0.05) is 18.1 Å². The molecule has 0 aliphatic carbocycles. The first kappa shape index (κ1) is 21.6. The molecule has 0 aromatic heterocycles. The number of nitrogens with zero attached hydrogens (tertiary/aromatic N) is 1. The van der Waals surface area contributed by atoms with Crippen molar-refractivity contribution in [2.24, 2.45) is 0 Å². The highest BCUT2D eigenvalue weighted by Crippen LogP contribution is 2.27. The van der Waals surface area contributed by atoms with E-state index in [9.17, 15) is 13.2 Å². The molecule has 2 aromatic rings. The summed E-state index contributed by atoms with van der Waals surface area (Å²) in [5.41, 5.74) is 0.916. The third kappa shape index (κ3) is 5.29. The van der Waals surface area contributed by atoms with Gasteiger partial charge in [-0.05, 0) is 68.7 Å². The highest BCUT2D eigenvalue weighted by molar-refractivity contribution is 7.89. The Labute approximate surface area is 176 Å². The fourth-order valence-corrected chi connectivity index (χ4v) is 5.08. The molecule has 1 saturated heterocycles. The zero-order valence-electron chi connectivity index (χ0n) is 16.5. The summed E-state index contributed by atoms with van der Waals surface area (Å²) in [6.07, 6.45) is 1.24. The van der Waals surface area contributed by atoms with Gasteiger partial charge in [-0.1, -0.05) is 23.7 Å². The molecule has 1 unspecified atom stereocenters. The van der Waals surface area contributed by atoms with Gasteiger partial charge < -0.3 is 10.1 Å². The fourth-order valence-electron chi connectivity index (χ4n) is 3.30. The van der Waals surface area contributed by atoms with Crippen LogP contribution in [0, 0.1) is 0 Å². The molecule has 0 spiro atoms. The highest BCUT2D eigenvalue weighted by atomic mass is 35.5. The van der Waals surface area contributed by atoms with Crippen molar-refractivity contribution in [1.82, 2.24) is 9.62 Å². The standard InChI is InChI=1S/C21H25ClN2O4S/c1-15(2)28-18-9-5-16(6-10-18)14-23-21(25)20-4-3-13-24(20)29(26,27)19-11-7-17(22)8-12-19/h5-12,15,20H,3-4,13-14H2,1-2H3,(H,23,25). The van der Waals surface area contributed by atoms with E-state index in [-0.39, 0.29) is 16.9 Å². The zero-order valence-corrected chi connectivity index (χ0v) is 18.0. The van der Waals surface area contributed by atoms with Gasteiger partial charge in [-0.3, -0.25) is 4.79 Å².